The molecule has 2 aromatic carbocycles. The molecule has 2 amide bonds. The maximum absolute atomic E-state index is 12.4. The quantitative estimate of drug-likeness (QED) is 0.850. The molecule has 0 atom stereocenters. The van der Waals surface area contributed by atoms with Gasteiger partial charge < -0.3 is 10.6 Å². The number of hydrogen-bond donors (Lipinski definition) is 2. The number of amides is 2. The van der Waals surface area contributed by atoms with Gasteiger partial charge in [-0.15, -0.1) is 0 Å². The van der Waals surface area contributed by atoms with E-state index in [1.807, 2.05) is 6.92 Å². The maximum atomic E-state index is 12.4. The largest absolute Gasteiger partial charge is 0.326 e. The van der Waals surface area contributed by atoms with E-state index in [-0.39, 0.29) is 17.6 Å². The summed E-state index contributed by atoms with van der Waals surface area (Å²) in [6, 6.07) is 11.8. The number of hydrogen-bond acceptors (Lipinski definition) is 3. The summed E-state index contributed by atoms with van der Waals surface area (Å²) in [5.41, 5.74) is 2.97. The average Bonchev–Trinajstić information content (AvgIpc) is 2.48. The van der Waals surface area contributed by atoms with Crippen molar-refractivity contribution >= 4 is 29.0 Å². The van der Waals surface area contributed by atoms with Crippen LogP contribution in [-0.4, -0.2) is 17.6 Å². The zero-order chi connectivity index (χ0) is 17.0. The van der Waals surface area contributed by atoms with Gasteiger partial charge in [-0.05, 0) is 43.7 Å². The number of carbonyl (C=O) groups is 3. The van der Waals surface area contributed by atoms with Crippen LogP contribution in [0.5, 0.6) is 0 Å². The first kappa shape index (κ1) is 16.4. The second kappa shape index (κ2) is 6.87. The summed E-state index contributed by atoms with van der Waals surface area (Å²) in [5, 5.41) is 5.43. The number of Topliss-reactive ketones (excluding diaryl/α,β-unsaturated/α-hetero) is 1. The molecule has 0 saturated heterocycles. The molecule has 2 aromatic rings. The van der Waals surface area contributed by atoms with Crippen molar-refractivity contribution in [2.75, 3.05) is 10.6 Å². The van der Waals surface area contributed by atoms with Gasteiger partial charge in [-0.1, -0.05) is 18.2 Å². The number of rotatable bonds is 4. The summed E-state index contributed by atoms with van der Waals surface area (Å²) >= 11 is 0. The van der Waals surface area contributed by atoms with Crippen molar-refractivity contribution in [2.45, 2.75) is 20.8 Å². The van der Waals surface area contributed by atoms with E-state index in [1.165, 1.54) is 13.8 Å². The smallest absolute Gasteiger partial charge is 0.255 e. The van der Waals surface area contributed by atoms with E-state index >= 15 is 0 Å². The van der Waals surface area contributed by atoms with Gasteiger partial charge in [0, 0.05) is 29.4 Å². The highest BCUT2D eigenvalue weighted by Gasteiger charge is 2.10. The van der Waals surface area contributed by atoms with Gasteiger partial charge in [0.2, 0.25) is 5.91 Å². The lowest BCUT2D eigenvalue weighted by atomic mass is 10.1. The normalized spacial score (nSPS) is 10.0. The highest BCUT2D eigenvalue weighted by molar-refractivity contribution is 6.06. The van der Waals surface area contributed by atoms with Gasteiger partial charge in [-0.3, -0.25) is 14.4 Å². The predicted molar refractivity (Wildman–Crippen MR) is 89.9 cm³/mol. The molecule has 0 unspecified atom stereocenters. The molecule has 118 valence electrons. The molecule has 2 rings (SSSR count). The second-order valence-corrected chi connectivity index (χ2v) is 5.30. The molecule has 2 N–H and O–H groups in total. The summed E-state index contributed by atoms with van der Waals surface area (Å²) in [5.74, 6) is -0.568. The van der Waals surface area contributed by atoms with Crippen LogP contribution in [0.3, 0.4) is 0 Å². The number of carbonyl (C=O) groups excluding carboxylic acids is 3. The Kier molecular flexibility index (Phi) is 4.91. The third-order valence-electron chi connectivity index (χ3n) is 3.34. The van der Waals surface area contributed by atoms with Gasteiger partial charge in [-0.2, -0.15) is 0 Å². The zero-order valence-electron chi connectivity index (χ0n) is 13.3. The van der Waals surface area contributed by atoms with Crippen molar-refractivity contribution in [3.63, 3.8) is 0 Å². The molecule has 0 aliphatic rings. The fourth-order valence-corrected chi connectivity index (χ4v) is 2.11. The van der Waals surface area contributed by atoms with E-state index in [4.69, 9.17) is 0 Å². The summed E-state index contributed by atoms with van der Waals surface area (Å²) in [4.78, 5) is 34.9. The van der Waals surface area contributed by atoms with Gasteiger partial charge in [0.1, 0.15) is 0 Å². The minimum absolute atomic E-state index is 0.0619. The number of nitrogens with one attached hydrogen (secondary N) is 2. The molecule has 5 nitrogen and oxygen atoms in total. The summed E-state index contributed by atoms with van der Waals surface area (Å²) in [6.07, 6.45) is 0. The summed E-state index contributed by atoms with van der Waals surface area (Å²) in [6.45, 7) is 4.74. The van der Waals surface area contributed by atoms with Gasteiger partial charge in [0.15, 0.2) is 5.78 Å². The van der Waals surface area contributed by atoms with E-state index in [2.05, 4.69) is 10.6 Å². The molecule has 23 heavy (non-hydrogen) atoms. The second-order valence-electron chi connectivity index (χ2n) is 5.30. The van der Waals surface area contributed by atoms with E-state index in [1.54, 1.807) is 42.5 Å². The summed E-state index contributed by atoms with van der Waals surface area (Å²) in [7, 11) is 0. The van der Waals surface area contributed by atoms with Crippen molar-refractivity contribution in [2.24, 2.45) is 0 Å². The lowest BCUT2D eigenvalue weighted by Crippen LogP contribution is -2.14. The Hall–Kier alpha value is -2.95. The Morgan fingerprint density at radius 2 is 1.61 bits per heavy atom. The number of aryl methyl sites for hydroxylation is 1. The van der Waals surface area contributed by atoms with Crippen LogP contribution in [0.2, 0.25) is 0 Å². The van der Waals surface area contributed by atoms with Crippen molar-refractivity contribution in [3.8, 4) is 0 Å². The van der Waals surface area contributed by atoms with Gasteiger partial charge in [0.25, 0.3) is 5.91 Å². The fourth-order valence-electron chi connectivity index (χ4n) is 2.11. The van der Waals surface area contributed by atoms with Crippen LogP contribution in [0.1, 0.15) is 40.1 Å². The zero-order valence-corrected chi connectivity index (χ0v) is 13.3. The molecule has 0 bridgehead atoms. The van der Waals surface area contributed by atoms with Crippen LogP contribution < -0.4 is 10.6 Å². The molecule has 0 heterocycles. The van der Waals surface area contributed by atoms with Crippen LogP contribution in [0, 0.1) is 6.92 Å². The van der Waals surface area contributed by atoms with E-state index in [0.29, 0.717) is 22.5 Å². The summed E-state index contributed by atoms with van der Waals surface area (Å²) < 4.78 is 0. The molecule has 0 aliphatic heterocycles. The Labute approximate surface area is 134 Å². The SMILES string of the molecule is CC(=O)Nc1cccc(C(=O)Nc2cc(C(C)=O)ccc2C)c1. The molecular formula is C18H18N2O3. The average molecular weight is 310 g/mol. The first-order valence-corrected chi connectivity index (χ1v) is 7.17. The first-order valence-electron chi connectivity index (χ1n) is 7.17. The predicted octanol–water partition coefficient (Wildman–Crippen LogP) is 3.41. The maximum Gasteiger partial charge on any atom is 0.255 e. The first-order chi connectivity index (χ1) is 10.9. The fraction of sp³-hybridized carbons (Fsp3) is 0.167. The minimum atomic E-state index is -0.305. The van der Waals surface area contributed by atoms with Gasteiger partial charge in [-0.25, -0.2) is 0 Å². The third kappa shape index (κ3) is 4.26. The van der Waals surface area contributed by atoms with Crippen LogP contribution in [-0.2, 0) is 4.79 Å². The van der Waals surface area contributed by atoms with Crippen molar-refractivity contribution < 1.29 is 14.4 Å². The highest BCUT2D eigenvalue weighted by Crippen LogP contribution is 2.19. The van der Waals surface area contributed by atoms with Crippen molar-refractivity contribution in [1.29, 1.82) is 0 Å². The van der Waals surface area contributed by atoms with Gasteiger partial charge in [0.05, 0.1) is 0 Å². The number of anilines is 2. The number of ketones is 1. The van der Waals surface area contributed by atoms with Crippen LogP contribution in [0.4, 0.5) is 11.4 Å². The highest BCUT2D eigenvalue weighted by atomic mass is 16.2. The monoisotopic (exact) mass is 310 g/mol. The molecule has 0 aromatic heterocycles. The lowest BCUT2D eigenvalue weighted by Gasteiger charge is -2.11. The Morgan fingerprint density at radius 3 is 2.26 bits per heavy atom. The molecule has 0 radical (unpaired) electrons. The molecule has 0 aliphatic carbocycles. The van der Waals surface area contributed by atoms with E-state index in [9.17, 15) is 14.4 Å². The molecular weight excluding hydrogens is 292 g/mol. The van der Waals surface area contributed by atoms with Gasteiger partial charge >= 0.3 is 0 Å². The molecule has 0 spiro atoms. The van der Waals surface area contributed by atoms with Crippen molar-refractivity contribution in [3.05, 3.63) is 59.2 Å². The van der Waals surface area contributed by atoms with Crippen LogP contribution in [0.25, 0.3) is 0 Å². The van der Waals surface area contributed by atoms with Crippen LogP contribution in [0.15, 0.2) is 42.5 Å². The molecule has 0 saturated carbocycles. The van der Waals surface area contributed by atoms with E-state index < -0.39 is 0 Å². The topological polar surface area (TPSA) is 75.3 Å². The Bertz CT molecular complexity index is 782. The number of benzene rings is 2. The van der Waals surface area contributed by atoms with E-state index in [0.717, 1.165) is 5.56 Å². The molecule has 0 fully saturated rings. The standard InChI is InChI=1S/C18H18N2O3/c1-11-7-8-14(12(2)21)10-17(11)20-18(23)15-5-4-6-16(9-15)19-13(3)22/h4-10H,1-3H3,(H,19,22)(H,20,23). The third-order valence-corrected chi connectivity index (χ3v) is 3.34. The van der Waals surface area contributed by atoms with Crippen LogP contribution >= 0.6 is 0 Å². The Balaban J connectivity index is 2.24. The Morgan fingerprint density at radius 1 is 0.870 bits per heavy atom. The molecule has 5 heteroatoms. The lowest BCUT2D eigenvalue weighted by molar-refractivity contribution is -0.114. The minimum Gasteiger partial charge on any atom is -0.326 e. The van der Waals surface area contributed by atoms with Crippen molar-refractivity contribution in [1.82, 2.24) is 0 Å².